The molecule has 3 aromatic heterocycles. The maximum Gasteiger partial charge on any atom is 0.327 e. The van der Waals surface area contributed by atoms with E-state index in [0.717, 1.165) is 0 Å². The molecule has 29 heavy (non-hydrogen) atoms. The molecule has 4 aromatic rings. The Morgan fingerprint density at radius 1 is 1.10 bits per heavy atom. The van der Waals surface area contributed by atoms with E-state index < -0.39 is 17.6 Å². The molecule has 1 unspecified atom stereocenters. The number of H-pyrrole nitrogens is 1. The van der Waals surface area contributed by atoms with Crippen LogP contribution in [0, 0.1) is 5.92 Å². The standard InChI is InChI=1S/C21H21N3O5/c1-10(2)17(21(26)27)24-18-11-5-6-22-19(11)23-9-14(18)12-7-15(28-3)16(29-4)8-13(12)20(24)25/h5-10,17H,1-4H3,(H,22,23)(H,26,27). The number of rotatable bonds is 5. The van der Waals surface area contributed by atoms with E-state index >= 15 is 0 Å². The minimum atomic E-state index is -1.07. The highest BCUT2D eigenvalue weighted by molar-refractivity contribution is 6.14. The lowest BCUT2D eigenvalue weighted by molar-refractivity contribution is -0.142. The van der Waals surface area contributed by atoms with Gasteiger partial charge in [-0.25, -0.2) is 9.78 Å². The SMILES string of the molecule is COc1cc2c(=O)n(C(C(=O)O)C(C)C)c3c4cc[nH]c4ncc3c2cc1OC. The second-order valence-electron chi connectivity index (χ2n) is 7.22. The Hall–Kier alpha value is -3.55. The van der Waals surface area contributed by atoms with Gasteiger partial charge in [0.15, 0.2) is 11.5 Å². The summed E-state index contributed by atoms with van der Waals surface area (Å²) in [4.78, 5) is 33.2. The summed E-state index contributed by atoms with van der Waals surface area (Å²) in [7, 11) is 3.01. The van der Waals surface area contributed by atoms with E-state index in [1.807, 2.05) is 0 Å². The number of aromatic amines is 1. The van der Waals surface area contributed by atoms with Crippen molar-refractivity contribution >= 4 is 38.7 Å². The number of carbonyl (C=O) groups is 1. The van der Waals surface area contributed by atoms with Crippen molar-refractivity contribution < 1.29 is 19.4 Å². The summed E-state index contributed by atoms with van der Waals surface area (Å²) in [6.45, 7) is 3.57. The highest BCUT2D eigenvalue weighted by Crippen LogP contribution is 2.37. The Kier molecular flexibility index (Phi) is 4.41. The lowest BCUT2D eigenvalue weighted by Crippen LogP contribution is -2.33. The third-order valence-corrected chi connectivity index (χ3v) is 5.22. The molecule has 0 saturated carbocycles. The van der Waals surface area contributed by atoms with Crippen LogP contribution in [0.3, 0.4) is 0 Å². The second-order valence-corrected chi connectivity index (χ2v) is 7.22. The van der Waals surface area contributed by atoms with Crippen LogP contribution in [-0.2, 0) is 4.79 Å². The molecule has 0 spiro atoms. The molecule has 1 aromatic carbocycles. The summed E-state index contributed by atoms with van der Waals surface area (Å²) < 4.78 is 12.1. The maximum atomic E-state index is 13.6. The largest absolute Gasteiger partial charge is 0.493 e. The topological polar surface area (TPSA) is 106 Å². The average molecular weight is 395 g/mol. The molecule has 0 aliphatic heterocycles. The molecule has 8 nitrogen and oxygen atoms in total. The van der Waals surface area contributed by atoms with E-state index in [0.29, 0.717) is 44.2 Å². The van der Waals surface area contributed by atoms with Crippen molar-refractivity contribution in [3.05, 3.63) is 40.9 Å². The maximum absolute atomic E-state index is 13.6. The third kappa shape index (κ3) is 2.71. The first-order valence-electron chi connectivity index (χ1n) is 9.17. The number of aromatic nitrogens is 3. The van der Waals surface area contributed by atoms with Gasteiger partial charge >= 0.3 is 5.97 Å². The highest BCUT2D eigenvalue weighted by Gasteiger charge is 2.29. The zero-order chi connectivity index (χ0) is 20.9. The number of pyridine rings is 2. The van der Waals surface area contributed by atoms with Crippen molar-refractivity contribution in [2.75, 3.05) is 14.2 Å². The van der Waals surface area contributed by atoms with Crippen LogP contribution in [0.1, 0.15) is 19.9 Å². The van der Waals surface area contributed by atoms with Crippen molar-refractivity contribution in [1.82, 2.24) is 14.5 Å². The fraction of sp³-hybridized carbons (Fsp3) is 0.286. The monoisotopic (exact) mass is 395 g/mol. The van der Waals surface area contributed by atoms with Crippen LogP contribution >= 0.6 is 0 Å². The van der Waals surface area contributed by atoms with Gasteiger partial charge < -0.3 is 19.6 Å². The van der Waals surface area contributed by atoms with Gasteiger partial charge in [0.05, 0.1) is 25.1 Å². The lowest BCUT2D eigenvalue weighted by Gasteiger charge is -2.23. The van der Waals surface area contributed by atoms with Crippen LogP contribution in [0.2, 0.25) is 0 Å². The van der Waals surface area contributed by atoms with Gasteiger partial charge in [-0.05, 0) is 24.1 Å². The fourth-order valence-corrected chi connectivity index (χ4v) is 3.92. The highest BCUT2D eigenvalue weighted by atomic mass is 16.5. The lowest BCUT2D eigenvalue weighted by atomic mass is 10.00. The van der Waals surface area contributed by atoms with E-state index in [1.54, 1.807) is 44.4 Å². The molecule has 0 fully saturated rings. The first kappa shape index (κ1) is 18.8. The summed E-state index contributed by atoms with van der Waals surface area (Å²) in [5.41, 5.74) is 0.712. The Morgan fingerprint density at radius 2 is 1.76 bits per heavy atom. The number of benzene rings is 1. The van der Waals surface area contributed by atoms with Crippen molar-refractivity contribution in [1.29, 1.82) is 0 Å². The summed E-state index contributed by atoms with van der Waals surface area (Å²) in [6.07, 6.45) is 3.37. The quantitative estimate of drug-likeness (QED) is 0.502. The number of methoxy groups -OCH3 is 2. The molecule has 0 aliphatic carbocycles. The van der Waals surface area contributed by atoms with Gasteiger partial charge in [0, 0.05) is 28.6 Å². The average Bonchev–Trinajstić information content (AvgIpc) is 3.17. The van der Waals surface area contributed by atoms with Gasteiger partial charge in [0.1, 0.15) is 11.7 Å². The number of hydrogen-bond donors (Lipinski definition) is 2. The molecule has 4 rings (SSSR count). The molecule has 2 N–H and O–H groups in total. The van der Waals surface area contributed by atoms with Crippen LogP contribution in [-0.4, -0.2) is 39.8 Å². The molecule has 150 valence electrons. The van der Waals surface area contributed by atoms with Gasteiger partial charge in [0.2, 0.25) is 0 Å². The van der Waals surface area contributed by atoms with Gasteiger partial charge in [-0.3, -0.25) is 9.36 Å². The van der Waals surface area contributed by atoms with Crippen LogP contribution < -0.4 is 15.0 Å². The van der Waals surface area contributed by atoms with Crippen molar-refractivity contribution in [2.24, 2.45) is 5.92 Å². The van der Waals surface area contributed by atoms with Crippen LogP contribution in [0.15, 0.2) is 35.4 Å². The first-order chi connectivity index (χ1) is 13.9. The predicted molar refractivity (Wildman–Crippen MR) is 110 cm³/mol. The van der Waals surface area contributed by atoms with Gasteiger partial charge in [-0.1, -0.05) is 13.8 Å². The third-order valence-electron chi connectivity index (χ3n) is 5.22. The summed E-state index contributed by atoms with van der Waals surface area (Å²) in [5, 5.41) is 12.3. The van der Waals surface area contributed by atoms with Crippen LogP contribution in [0.5, 0.6) is 11.5 Å². The smallest absolute Gasteiger partial charge is 0.327 e. The molecule has 8 heteroatoms. The minimum Gasteiger partial charge on any atom is -0.493 e. The number of carboxylic acid groups (broad SMARTS) is 1. The number of aliphatic carboxylic acids is 1. The summed E-state index contributed by atoms with van der Waals surface area (Å²) in [6, 6.07) is 4.08. The summed E-state index contributed by atoms with van der Waals surface area (Å²) >= 11 is 0. The zero-order valence-corrected chi connectivity index (χ0v) is 16.5. The fourth-order valence-electron chi connectivity index (χ4n) is 3.92. The molecule has 3 heterocycles. The van der Waals surface area contributed by atoms with Crippen LogP contribution in [0.25, 0.3) is 32.7 Å². The first-order valence-corrected chi connectivity index (χ1v) is 9.17. The minimum absolute atomic E-state index is 0.312. The van der Waals surface area contributed by atoms with Crippen LogP contribution in [0.4, 0.5) is 0 Å². The normalized spacial score (nSPS) is 12.7. The number of nitrogens with one attached hydrogen (secondary N) is 1. The van der Waals surface area contributed by atoms with E-state index in [2.05, 4.69) is 9.97 Å². The number of ether oxygens (including phenoxy) is 2. The molecule has 0 amide bonds. The Balaban J connectivity index is 2.31. The molecule has 0 saturated heterocycles. The van der Waals surface area contributed by atoms with E-state index in [9.17, 15) is 14.7 Å². The Labute approximate surface area is 165 Å². The molecule has 0 aliphatic rings. The molecule has 0 bridgehead atoms. The summed E-state index contributed by atoms with van der Waals surface area (Å²) in [5.74, 6) is -0.502. The van der Waals surface area contributed by atoms with E-state index in [-0.39, 0.29) is 5.92 Å². The van der Waals surface area contributed by atoms with Gasteiger partial charge in [-0.2, -0.15) is 0 Å². The number of hydrogen-bond acceptors (Lipinski definition) is 5. The van der Waals surface area contributed by atoms with Crippen molar-refractivity contribution in [2.45, 2.75) is 19.9 Å². The second kappa shape index (κ2) is 6.80. The number of nitrogens with zero attached hydrogens (tertiary/aromatic N) is 2. The van der Waals surface area contributed by atoms with Crippen molar-refractivity contribution in [3.63, 3.8) is 0 Å². The number of carboxylic acids is 1. The molecular weight excluding hydrogens is 374 g/mol. The van der Waals surface area contributed by atoms with E-state index in [1.165, 1.54) is 18.8 Å². The predicted octanol–water partition coefficient (Wildman–Crippen LogP) is 3.33. The van der Waals surface area contributed by atoms with Crippen molar-refractivity contribution in [3.8, 4) is 11.5 Å². The zero-order valence-electron chi connectivity index (χ0n) is 16.5. The molecule has 1 atom stereocenters. The van der Waals surface area contributed by atoms with E-state index in [4.69, 9.17) is 9.47 Å². The number of fused-ring (bicyclic) bond motifs is 5. The van der Waals surface area contributed by atoms with Gasteiger partial charge in [-0.15, -0.1) is 0 Å². The van der Waals surface area contributed by atoms with Gasteiger partial charge in [0.25, 0.3) is 5.56 Å². The molecule has 0 radical (unpaired) electrons. The Morgan fingerprint density at radius 3 is 2.34 bits per heavy atom. The Bertz CT molecular complexity index is 1320. The molecular formula is C21H21N3O5.